The van der Waals surface area contributed by atoms with Crippen molar-refractivity contribution in [1.82, 2.24) is 5.06 Å². The summed E-state index contributed by atoms with van der Waals surface area (Å²) in [6, 6.07) is 14.2. The number of ether oxygens (including phenoxy) is 2. The van der Waals surface area contributed by atoms with E-state index in [2.05, 4.69) is 0 Å². The molecular weight excluding hydrogens is 350 g/mol. The number of hydrogen-bond acceptors (Lipinski definition) is 6. The molecule has 3 rings (SSSR count). The second kappa shape index (κ2) is 8.20. The number of aliphatic hydroxyl groups is 1. The molecule has 27 heavy (non-hydrogen) atoms. The number of fused-ring (bicyclic) bond motifs is 3. The first-order chi connectivity index (χ1) is 13.1. The van der Waals surface area contributed by atoms with Gasteiger partial charge in [0.05, 0.1) is 13.2 Å². The average molecular weight is 371 g/mol. The number of carbonyl (C=O) groups excluding carboxylic acids is 2. The van der Waals surface area contributed by atoms with E-state index in [-0.39, 0.29) is 24.2 Å². The van der Waals surface area contributed by atoms with Gasteiger partial charge in [0.2, 0.25) is 0 Å². The third-order valence-electron chi connectivity index (χ3n) is 4.55. The molecule has 142 valence electrons. The lowest BCUT2D eigenvalue weighted by molar-refractivity contribution is -0.170. The molecule has 7 nitrogen and oxygen atoms in total. The lowest BCUT2D eigenvalue weighted by atomic mass is 9.98. The monoisotopic (exact) mass is 371 g/mol. The molecule has 0 aliphatic heterocycles. The lowest BCUT2D eigenvalue weighted by Crippen LogP contribution is -2.46. The van der Waals surface area contributed by atoms with Crippen LogP contribution in [0.4, 0.5) is 4.79 Å². The quantitative estimate of drug-likeness (QED) is 0.460. The van der Waals surface area contributed by atoms with Crippen molar-refractivity contribution in [3.05, 3.63) is 59.7 Å². The minimum absolute atomic E-state index is 0.00903. The number of benzene rings is 2. The Bertz CT molecular complexity index is 791. The molecule has 1 aliphatic rings. The summed E-state index contributed by atoms with van der Waals surface area (Å²) in [5.74, 6) is -1.08. The van der Waals surface area contributed by atoms with Crippen molar-refractivity contribution < 1.29 is 29.4 Å². The van der Waals surface area contributed by atoms with Crippen LogP contribution in [0.15, 0.2) is 48.5 Å². The van der Waals surface area contributed by atoms with Crippen molar-refractivity contribution in [3.63, 3.8) is 0 Å². The summed E-state index contributed by atoms with van der Waals surface area (Å²) >= 11 is 0. The Morgan fingerprint density at radius 1 is 1.04 bits per heavy atom. The topological polar surface area (TPSA) is 96.3 Å². The molecule has 0 heterocycles. The molecule has 0 bridgehead atoms. The van der Waals surface area contributed by atoms with Crippen molar-refractivity contribution in [2.24, 2.45) is 0 Å². The van der Waals surface area contributed by atoms with E-state index in [0.717, 1.165) is 22.3 Å². The zero-order valence-corrected chi connectivity index (χ0v) is 14.9. The first-order valence-electron chi connectivity index (χ1n) is 8.69. The van der Waals surface area contributed by atoms with Gasteiger partial charge in [0.1, 0.15) is 6.61 Å². The highest BCUT2D eigenvalue weighted by Gasteiger charge is 2.33. The van der Waals surface area contributed by atoms with Crippen molar-refractivity contribution >= 4 is 12.1 Å². The van der Waals surface area contributed by atoms with Gasteiger partial charge >= 0.3 is 12.1 Å². The van der Waals surface area contributed by atoms with Gasteiger partial charge in [-0.15, -0.1) is 0 Å². The van der Waals surface area contributed by atoms with Crippen molar-refractivity contribution in [1.29, 1.82) is 0 Å². The number of rotatable bonds is 6. The molecule has 1 amide bonds. The Balaban J connectivity index is 1.73. The highest BCUT2D eigenvalue weighted by Crippen LogP contribution is 2.44. The summed E-state index contributed by atoms with van der Waals surface area (Å²) in [5, 5.41) is 19.3. The van der Waals surface area contributed by atoms with Crippen molar-refractivity contribution in [2.75, 3.05) is 19.8 Å². The van der Waals surface area contributed by atoms with E-state index in [9.17, 15) is 19.9 Å². The number of carbonyl (C=O) groups is 2. The largest absolute Gasteiger partial charge is 0.464 e. The smallest absolute Gasteiger partial charge is 0.434 e. The summed E-state index contributed by atoms with van der Waals surface area (Å²) in [6.45, 7) is 0.861. The Morgan fingerprint density at radius 2 is 1.59 bits per heavy atom. The van der Waals surface area contributed by atoms with Gasteiger partial charge in [-0.1, -0.05) is 48.5 Å². The molecule has 0 radical (unpaired) electrons. The van der Waals surface area contributed by atoms with Crippen molar-refractivity contribution in [3.8, 4) is 11.1 Å². The van der Waals surface area contributed by atoms with Crippen LogP contribution < -0.4 is 0 Å². The molecule has 2 aromatic carbocycles. The van der Waals surface area contributed by atoms with Gasteiger partial charge in [0, 0.05) is 5.92 Å². The summed E-state index contributed by atoms with van der Waals surface area (Å²) < 4.78 is 9.96. The van der Waals surface area contributed by atoms with Crippen LogP contribution in [0, 0.1) is 0 Å². The minimum Gasteiger partial charge on any atom is -0.464 e. The fourth-order valence-corrected chi connectivity index (χ4v) is 3.28. The van der Waals surface area contributed by atoms with Crippen LogP contribution in [0.25, 0.3) is 11.1 Å². The number of aliphatic hydroxyl groups excluding tert-OH is 1. The van der Waals surface area contributed by atoms with Gasteiger partial charge in [-0.2, -0.15) is 5.06 Å². The summed E-state index contributed by atoms with van der Waals surface area (Å²) in [7, 11) is 0. The van der Waals surface area contributed by atoms with Crippen LogP contribution in [0.3, 0.4) is 0 Å². The lowest BCUT2D eigenvalue weighted by Gasteiger charge is -2.23. The number of esters is 1. The predicted molar refractivity (Wildman–Crippen MR) is 96.2 cm³/mol. The molecular formula is C20H21NO6. The van der Waals surface area contributed by atoms with Gasteiger partial charge in [-0.3, -0.25) is 5.21 Å². The first kappa shape index (κ1) is 18.9. The molecule has 2 aromatic rings. The van der Waals surface area contributed by atoms with E-state index in [0.29, 0.717) is 0 Å². The first-order valence-corrected chi connectivity index (χ1v) is 8.69. The average Bonchev–Trinajstić information content (AvgIpc) is 3.01. The number of hydroxylamine groups is 2. The number of nitrogens with zero attached hydrogens (tertiary/aromatic N) is 1. The number of hydrogen-bond donors (Lipinski definition) is 2. The SMILES string of the molecule is CCOC(=O)[C@H](CO)N(O)C(=O)OCC1c2ccccc2-c2ccccc21. The predicted octanol–water partition coefficient (Wildman–Crippen LogP) is 2.55. The maximum Gasteiger partial charge on any atom is 0.434 e. The molecule has 0 saturated carbocycles. The van der Waals surface area contributed by atoms with Crippen LogP contribution in [-0.2, 0) is 14.3 Å². The van der Waals surface area contributed by atoms with Gasteiger partial charge in [-0.05, 0) is 29.2 Å². The Kier molecular flexibility index (Phi) is 5.73. The van der Waals surface area contributed by atoms with E-state index in [1.54, 1.807) is 6.92 Å². The van der Waals surface area contributed by atoms with Gasteiger partial charge in [0.15, 0.2) is 6.04 Å². The zero-order chi connectivity index (χ0) is 19.4. The standard InChI is InChI=1S/C20H21NO6/c1-2-26-19(23)18(11-22)21(25)20(24)27-12-17-15-9-5-3-7-13(15)14-8-4-6-10-16(14)17/h3-10,17-18,22,25H,2,11-12H2,1H3/t18-/m0/s1. The van der Waals surface area contributed by atoms with E-state index < -0.39 is 24.7 Å². The molecule has 1 atom stereocenters. The second-order valence-electron chi connectivity index (χ2n) is 6.10. The normalized spacial score (nSPS) is 13.4. The third kappa shape index (κ3) is 3.65. The highest BCUT2D eigenvalue weighted by atomic mass is 16.6. The number of amides is 1. The highest BCUT2D eigenvalue weighted by molar-refractivity contribution is 5.81. The molecule has 2 N–H and O–H groups in total. The maximum absolute atomic E-state index is 12.2. The van der Waals surface area contributed by atoms with Crippen LogP contribution in [-0.4, -0.2) is 53.3 Å². The molecule has 0 fully saturated rings. The molecule has 0 saturated heterocycles. The zero-order valence-electron chi connectivity index (χ0n) is 14.9. The van der Waals surface area contributed by atoms with Crippen molar-refractivity contribution in [2.45, 2.75) is 18.9 Å². The molecule has 0 unspecified atom stereocenters. The second-order valence-corrected chi connectivity index (χ2v) is 6.10. The third-order valence-corrected chi connectivity index (χ3v) is 4.55. The summed E-state index contributed by atoms with van der Waals surface area (Å²) in [5.41, 5.74) is 4.21. The molecule has 0 spiro atoms. The van der Waals surface area contributed by atoms with E-state index in [1.165, 1.54) is 0 Å². The summed E-state index contributed by atoms with van der Waals surface area (Å²) in [6.07, 6.45) is -1.12. The minimum atomic E-state index is -1.53. The van der Waals surface area contributed by atoms with E-state index in [1.807, 2.05) is 48.5 Å². The van der Waals surface area contributed by atoms with Crippen LogP contribution in [0.2, 0.25) is 0 Å². The maximum atomic E-state index is 12.2. The Labute approximate surface area is 156 Å². The van der Waals surface area contributed by atoms with E-state index >= 15 is 0 Å². The van der Waals surface area contributed by atoms with Gasteiger partial charge in [-0.25, -0.2) is 9.59 Å². The molecule has 7 heteroatoms. The molecule has 1 aliphatic carbocycles. The Morgan fingerprint density at radius 3 is 2.11 bits per heavy atom. The summed E-state index contributed by atoms with van der Waals surface area (Å²) in [4.78, 5) is 23.9. The van der Waals surface area contributed by atoms with Crippen LogP contribution in [0.5, 0.6) is 0 Å². The van der Waals surface area contributed by atoms with E-state index in [4.69, 9.17) is 9.47 Å². The fourth-order valence-electron chi connectivity index (χ4n) is 3.28. The van der Waals surface area contributed by atoms with Crippen LogP contribution >= 0.6 is 0 Å². The van der Waals surface area contributed by atoms with Crippen LogP contribution in [0.1, 0.15) is 24.0 Å². The molecule has 0 aromatic heterocycles. The van der Waals surface area contributed by atoms with Gasteiger partial charge < -0.3 is 14.6 Å². The van der Waals surface area contributed by atoms with Gasteiger partial charge in [0.25, 0.3) is 0 Å². The fraction of sp³-hybridized carbons (Fsp3) is 0.300. The Hall–Kier alpha value is -2.90.